The summed E-state index contributed by atoms with van der Waals surface area (Å²) in [6.07, 6.45) is 7.65. The summed E-state index contributed by atoms with van der Waals surface area (Å²) in [7, 11) is 0. The Bertz CT molecular complexity index is 368. The predicted octanol–water partition coefficient (Wildman–Crippen LogP) is 2.63. The molecule has 94 valence electrons. The third-order valence-electron chi connectivity index (χ3n) is 3.48. The Morgan fingerprint density at radius 2 is 2.24 bits per heavy atom. The largest absolute Gasteiger partial charge is 0.345 e. The van der Waals surface area contributed by atoms with Crippen LogP contribution >= 0.6 is 11.3 Å². The van der Waals surface area contributed by atoms with Crippen molar-refractivity contribution in [1.29, 1.82) is 0 Å². The van der Waals surface area contributed by atoms with Gasteiger partial charge in [-0.25, -0.2) is 4.98 Å². The van der Waals surface area contributed by atoms with E-state index in [1.165, 1.54) is 42.2 Å². The van der Waals surface area contributed by atoms with Crippen molar-refractivity contribution in [3.63, 3.8) is 0 Å². The van der Waals surface area contributed by atoms with Crippen molar-refractivity contribution >= 4 is 16.5 Å². The van der Waals surface area contributed by atoms with Gasteiger partial charge in [-0.3, -0.25) is 0 Å². The normalized spacial score (nSPS) is 19.6. The van der Waals surface area contributed by atoms with E-state index in [2.05, 4.69) is 22.1 Å². The first-order chi connectivity index (χ1) is 8.36. The van der Waals surface area contributed by atoms with Crippen LogP contribution in [0.5, 0.6) is 0 Å². The van der Waals surface area contributed by atoms with Crippen LogP contribution in [-0.4, -0.2) is 24.1 Å². The third kappa shape index (κ3) is 2.99. The molecule has 0 aromatic carbocycles. The van der Waals surface area contributed by atoms with Gasteiger partial charge in [0, 0.05) is 30.2 Å². The lowest BCUT2D eigenvalue weighted by Gasteiger charge is -2.20. The van der Waals surface area contributed by atoms with Gasteiger partial charge in [-0.05, 0) is 38.1 Å². The molecule has 0 unspecified atom stereocenters. The van der Waals surface area contributed by atoms with E-state index >= 15 is 0 Å². The highest BCUT2D eigenvalue weighted by Gasteiger charge is 2.35. The topological polar surface area (TPSA) is 28.2 Å². The molecule has 0 spiro atoms. The molecule has 2 aliphatic carbocycles. The van der Waals surface area contributed by atoms with Crippen LogP contribution in [0.25, 0.3) is 0 Å². The zero-order valence-corrected chi connectivity index (χ0v) is 11.3. The predicted molar refractivity (Wildman–Crippen MR) is 72.6 cm³/mol. The minimum absolute atomic E-state index is 0.800. The zero-order chi connectivity index (χ0) is 11.7. The maximum atomic E-state index is 4.62. The number of rotatable bonds is 7. The number of nitrogens with zero attached hydrogens (tertiary/aromatic N) is 2. The number of thiazole rings is 1. The molecule has 2 saturated carbocycles. The second-order valence-electron chi connectivity index (χ2n) is 5.22. The van der Waals surface area contributed by atoms with Crippen molar-refractivity contribution in [3.8, 4) is 0 Å². The van der Waals surface area contributed by atoms with Crippen molar-refractivity contribution in [1.82, 2.24) is 10.3 Å². The third-order valence-corrected chi connectivity index (χ3v) is 4.51. The molecule has 2 fully saturated rings. The zero-order valence-electron chi connectivity index (χ0n) is 10.5. The highest BCUT2D eigenvalue weighted by Crippen LogP contribution is 2.38. The molecular formula is C13H21N3S. The minimum atomic E-state index is 0.800. The average Bonchev–Trinajstić information content (AvgIpc) is 3.23. The molecule has 4 heteroatoms. The van der Waals surface area contributed by atoms with Crippen LogP contribution in [-0.2, 0) is 6.54 Å². The molecule has 1 N–H and O–H groups in total. The average molecular weight is 251 g/mol. The summed E-state index contributed by atoms with van der Waals surface area (Å²) in [4.78, 5) is 8.55. The Morgan fingerprint density at radius 3 is 2.88 bits per heavy atom. The van der Waals surface area contributed by atoms with Gasteiger partial charge in [0.05, 0.1) is 0 Å². The summed E-state index contributed by atoms with van der Waals surface area (Å²) >= 11 is 1.87. The molecule has 2 aliphatic rings. The Hall–Kier alpha value is -0.610. The quantitative estimate of drug-likeness (QED) is 0.807. The van der Waals surface area contributed by atoms with Crippen molar-refractivity contribution in [2.24, 2.45) is 5.92 Å². The van der Waals surface area contributed by atoms with E-state index in [4.69, 9.17) is 0 Å². The van der Waals surface area contributed by atoms with E-state index in [1.807, 2.05) is 17.5 Å². The first kappa shape index (κ1) is 11.5. The minimum Gasteiger partial charge on any atom is -0.345 e. The summed E-state index contributed by atoms with van der Waals surface area (Å²) in [5.41, 5.74) is 0. The van der Waals surface area contributed by atoms with Crippen LogP contribution in [0, 0.1) is 5.92 Å². The lowest BCUT2D eigenvalue weighted by molar-refractivity contribution is 0.716. The lowest BCUT2D eigenvalue weighted by atomic mass is 10.4. The summed E-state index contributed by atoms with van der Waals surface area (Å²) in [6, 6.07) is 0.800. The Labute approximate surface area is 107 Å². The van der Waals surface area contributed by atoms with Gasteiger partial charge >= 0.3 is 0 Å². The van der Waals surface area contributed by atoms with Gasteiger partial charge in [0.1, 0.15) is 0 Å². The molecule has 0 atom stereocenters. The van der Waals surface area contributed by atoms with E-state index in [0.29, 0.717) is 0 Å². The van der Waals surface area contributed by atoms with Gasteiger partial charge in [0.2, 0.25) is 0 Å². The Kier molecular flexibility index (Phi) is 3.34. The fourth-order valence-electron chi connectivity index (χ4n) is 2.11. The maximum Gasteiger partial charge on any atom is 0.185 e. The molecule has 0 amide bonds. The summed E-state index contributed by atoms with van der Waals surface area (Å²) in [6.45, 7) is 5.39. The van der Waals surface area contributed by atoms with E-state index in [9.17, 15) is 0 Å². The van der Waals surface area contributed by atoms with E-state index in [1.54, 1.807) is 0 Å². The van der Waals surface area contributed by atoms with E-state index < -0.39 is 0 Å². The van der Waals surface area contributed by atoms with Crippen LogP contribution in [0.1, 0.15) is 37.5 Å². The second kappa shape index (κ2) is 4.94. The van der Waals surface area contributed by atoms with Crippen molar-refractivity contribution in [2.45, 2.75) is 45.2 Å². The monoisotopic (exact) mass is 251 g/mol. The number of hydrogen-bond donors (Lipinski definition) is 1. The van der Waals surface area contributed by atoms with Crippen LogP contribution in [0.15, 0.2) is 6.20 Å². The standard InChI is InChI=1S/C13H21N3S/c1-2-14-7-12-8-15-13(17-12)16(11-5-6-11)9-10-3-4-10/h8,10-11,14H,2-7,9H2,1H3. The molecule has 0 aliphatic heterocycles. The molecule has 3 rings (SSSR count). The summed E-state index contributed by atoms with van der Waals surface area (Å²) in [5.74, 6) is 0.955. The SMILES string of the molecule is CCNCc1cnc(N(CC2CC2)C2CC2)s1. The number of anilines is 1. The molecule has 0 bridgehead atoms. The summed E-state index contributed by atoms with van der Waals surface area (Å²) in [5, 5.41) is 4.62. The lowest BCUT2D eigenvalue weighted by Crippen LogP contribution is -2.27. The fourth-order valence-corrected chi connectivity index (χ4v) is 3.07. The molecule has 1 aromatic heterocycles. The fraction of sp³-hybridized carbons (Fsp3) is 0.769. The van der Waals surface area contributed by atoms with Gasteiger partial charge in [-0.15, -0.1) is 11.3 Å². The number of hydrogen-bond acceptors (Lipinski definition) is 4. The first-order valence-electron chi connectivity index (χ1n) is 6.79. The summed E-state index contributed by atoms with van der Waals surface area (Å²) < 4.78 is 0. The molecular weight excluding hydrogens is 230 g/mol. The van der Waals surface area contributed by atoms with Gasteiger partial charge in [0.15, 0.2) is 5.13 Å². The van der Waals surface area contributed by atoms with Crippen molar-refractivity contribution < 1.29 is 0 Å². The van der Waals surface area contributed by atoms with E-state index in [-0.39, 0.29) is 0 Å². The van der Waals surface area contributed by atoms with Crippen LogP contribution in [0.4, 0.5) is 5.13 Å². The van der Waals surface area contributed by atoms with Crippen molar-refractivity contribution in [2.75, 3.05) is 18.0 Å². The van der Waals surface area contributed by atoms with Crippen molar-refractivity contribution in [3.05, 3.63) is 11.1 Å². The molecule has 1 aromatic rings. The molecule has 0 radical (unpaired) electrons. The molecule has 3 nitrogen and oxygen atoms in total. The number of nitrogens with one attached hydrogen (secondary N) is 1. The first-order valence-corrected chi connectivity index (χ1v) is 7.60. The Morgan fingerprint density at radius 1 is 1.41 bits per heavy atom. The number of aromatic nitrogens is 1. The van der Waals surface area contributed by atoms with Gasteiger partial charge in [-0.1, -0.05) is 6.92 Å². The smallest absolute Gasteiger partial charge is 0.185 e. The highest BCUT2D eigenvalue weighted by molar-refractivity contribution is 7.15. The second-order valence-corrected chi connectivity index (χ2v) is 6.31. The van der Waals surface area contributed by atoms with Crippen LogP contribution in [0.3, 0.4) is 0 Å². The van der Waals surface area contributed by atoms with Crippen LogP contribution in [0.2, 0.25) is 0 Å². The highest BCUT2D eigenvalue weighted by atomic mass is 32.1. The maximum absolute atomic E-state index is 4.62. The van der Waals surface area contributed by atoms with E-state index in [0.717, 1.165) is 25.0 Å². The Balaban J connectivity index is 1.64. The van der Waals surface area contributed by atoms with Gasteiger partial charge < -0.3 is 10.2 Å². The molecule has 0 saturated heterocycles. The van der Waals surface area contributed by atoms with Gasteiger partial charge in [-0.2, -0.15) is 0 Å². The molecule has 17 heavy (non-hydrogen) atoms. The molecule has 1 heterocycles. The van der Waals surface area contributed by atoms with Crippen LogP contribution < -0.4 is 10.2 Å². The van der Waals surface area contributed by atoms with Gasteiger partial charge in [0.25, 0.3) is 0 Å².